The number of nitrogens with one attached hydrogen (secondary N) is 1. The maximum atomic E-state index is 11.7. The van der Waals surface area contributed by atoms with E-state index in [0.717, 1.165) is 12.5 Å². The molecule has 0 saturated carbocycles. The van der Waals surface area contributed by atoms with E-state index in [-0.39, 0.29) is 17.9 Å². The van der Waals surface area contributed by atoms with Crippen LogP contribution in [0.25, 0.3) is 6.08 Å². The predicted molar refractivity (Wildman–Crippen MR) is 87.8 cm³/mol. The van der Waals surface area contributed by atoms with Crippen molar-refractivity contribution in [1.29, 1.82) is 0 Å². The van der Waals surface area contributed by atoms with Crippen LogP contribution >= 0.6 is 0 Å². The van der Waals surface area contributed by atoms with Gasteiger partial charge in [-0.15, -0.1) is 0 Å². The summed E-state index contributed by atoms with van der Waals surface area (Å²) in [5, 5.41) is 22.3. The number of hydrogen-bond donors (Lipinski definition) is 2. The van der Waals surface area contributed by atoms with E-state index in [1.54, 1.807) is 13.0 Å². The molecule has 1 aromatic rings. The number of rotatable bonds is 9. The zero-order valence-electron chi connectivity index (χ0n) is 13.5. The number of benzene rings is 1. The van der Waals surface area contributed by atoms with Gasteiger partial charge < -0.3 is 15.2 Å². The summed E-state index contributed by atoms with van der Waals surface area (Å²) in [7, 11) is 0. The molecule has 0 aliphatic rings. The van der Waals surface area contributed by atoms with E-state index in [1.165, 1.54) is 18.2 Å². The van der Waals surface area contributed by atoms with Crippen LogP contribution in [-0.2, 0) is 9.59 Å². The molecule has 1 amide bonds. The van der Waals surface area contributed by atoms with Gasteiger partial charge >= 0.3 is 11.7 Å². The summed E-state index contributed by atoms with van der Waals surface area (Å²) < 4.78 is 5.31. The summed E-state index contributed by atoms with van der Waals surface area (Å²) in [6.07, 6.45) is 3.49. The van der Waals surface area contributed by atoms with E-state index in [0.29, 0.717) is 12.2 Å². The molecule has 0 heterocycles. The summed E-state index contributed by atoms with van der Waals surface area (Å²) in [5.74, 6) is -1.54. The Morgan fingerprint density at radius 2 is 2.12 bits per heavy atom. The summed E-state index contributed by atoms with van der Waals surface area (Å²) >= 11 is 0. The van der Waals surface area contributed by atoms with Crippen LogP contribution in [0.3, 0.4) is 0 Å². The Bertz CT molecular complexity index is 641. The molecule has 24 heavy (non-hydrogen) atoms. The number of carbonyl (C=O) groups excluding carboxylic acids is 1. The molecule has 0 spiro atoms. The average Bonchev–Trinajstić information content (AvgIpc) is 2.55. The highest BCUT2D eigenvalue weighted by Crippen LogP contribution is 2.28. The van der Waals surface area contributed by atoms with Crippen molar-refractivity contribution in [1.82, 2.24) is 5.32 Å². The molecular weight excluding hydrogens is 316 g/mol. The van der Waals surface area contributed by atoms with Gasteiger partial charge in [-0.25, -0.2) is 4.79 Å². The highest BCUT2D eigenvalue weighted by Gasteiger charge is 2.17. The summed E-state index contributed by atoms with van der Waals surface area (Å²) in [6.45, 7) is 3.90. The first-order chi connectivity index (χ1) is 11.4. The van der Waals surface area contributed by atoms with Gasteiger partial charge in [0.15, 0.2) is 5.75 Å². The Morgan fingerprint density at radius 1 is 1.42 bits per heavy atom. The number of carboxylic acids is 1. The lowest BCUT2D eigenvalue weighted by molar-refractivity contribution is -0.385. The zero-order chi connectivity index (χ0) is 18.1. The minimum atomic E-state index is -1.12. The van der Waals surface area contributed by atoms with Crippen LogP contribution < -0.4 is 10.1 Å². The van der Waals surface area contributed by atoms with Crippen molar-refractivity contribution in [3.63, 3.8) is 0 Å². The van der Waals surface area contributed by atoms with Crippen molar-refractivity contribution in [2.75, 3.05) is 6.61 Å². The SMILES string of the molecule is CCCOc1ccc(/C=C/C(=O)NC(CC)C(=O)O)cc1[N+](=O)[O-]. The predicted octanol–water partition coefficient (Wildman–Crippen LogP) is 2.38. The Labute approximate surface area is 139 Å². The van der Waals surface area contributed by atoms with Gasteiger partial charge in [-0.2, -0.15) is 0 Å². The summed E-state index contributed by atoms with van der Waals surface area (Å²) in [5.41, 5.74) is 0.243. The third-order valence-electron chi connectivity index (χ3n) is 3.09. The number of nitrogens with zero attached hydrogens (tertiary/aromatic N) is 1. The van der Waals surface area contributed by atoms with Gasteiger partial charge in [0.25, 0.3) is 0 Å². The molecule has 0 aliphatic carbocycles. The lowest BCUT2D eigenvalue weighted by atomic mass is 10.1. The van der Waals surface area contributed by atoms with Gasteiger partial charge in [0.2, 0.25) is 5.91 Å². The highest BCUT2D eigenvalue weighted by molar-refractivity contribution is 5.94. The quantitative estimate of drug-likeness (QED) is 0.406. The molecule has 0 fully saturated rings. The van der Waals surface area contributed by atoms with Crippen LogP contribution in [0.2, 0.25) is 0 Å². The number of aliphatic carboxylic acids is 1. The van der Waals surface area contributed by atoms with Gasteiger partial charge in [0, 0.05) is 12.1 Å². The lowest BCUT2D eigenvalue weighted by Gasteiger charge is -2.09. The Kier molecular flexibility index (Phi) is 7.41. The number of nitro benzene ring substituents is 1. The Balaban J connectivity index is 2.87. The van der Waals surface area contributed by atoms with Crippen molar-refractivity contribution >= 4 is 23.6 Å². The lowest BCUT2D eigenvalue weighted by Crippen LogP contribution is -2.39. The molecule has 8 heteroatoms. The molecule has 0 aliphatic heterocycles. The molecular formula is C16H20N2O6. The second-order valence-corrected chi connectivity index (χ2v) is 4.97. The Hall–Kier alpha value is -2.90. The van der Waals surface area contributed by atoms with Crippen LogP contribution in [0.5, 0.6) is 5.75 Å². The first-order valence-corrected chi connectivity index (χ1v) is 7.51. The van der Waals surface area contributed by atoms with E-state index in [4.69, 9.17) is 9.84 Å². The van der Waals surface area contributed by atoms with Crippen LogP contribution in [0.4, 0.5) is 5.69 Å². The van der Waals surface area contributed by atoms with Crippen molar-refractivity contribution in [3.05, 3.63) is 40.0 Å². The van der Waals surface area contributed by atoms with Crippen molar-refractivity contribution in [2.45, 2.75) is 32.7 Å². The van der Waals surface area contributed by atoms with Crippen molar-refractivity contribution < 1.29 is 24.4 Å². The van der Waals surface area contributed by atoms with Crippen molar-refractivity contribution in [2.24, 2.45) is 0 Å². The maximum Gasteiger partial charge on any atom is 0.326 e. The van der Waals surface area contributed by atoms with Gasteiger partial charge in [-0.3, -0.25) is 14.9 Å². The Morgan fingerprint density at radius 3 is 2.67 bits per heavy atom. The number of amides is 1. The standard InChI is InChI=1S/C16H20N2O6/c1-3-9-24-14-7-5-11(10-13(14)18(22)23)6-8-15(19)17-12(4-2)16(20)21/h5-8,10,12H,3-4,9H2,1-2H3,(H,17,19)(H,20,21)/b8-6+. The second kappa shape index (κ2) is 9.29. The topological polar surface area (TPSA) is 119 Å². The molecule has 1 aromatic carbocycles. The van der Waals surface area contributed by atoms with Gasteiger partial charge in [0.05, 0.1) is 11.5 Å². The van der Waals surface area contributed by atoms with E-state index < -0.39 is 22.8 Å². The van der Waals surface area contributed by atoms with Crippen LogP contribution in [0.1, 0.15) is 32.3 Å². The van der Waals surface area contributed by atoms with Gasteiger partial charge in [-0.1, -0.05) is 19.9 Å². The van der Waals surface area contributed by atoms with Crippen LogP contribution in [-0.4, -0.2) is 34.6 Å². The zero-order valence-corrected chi connectivity index (χ0v) is 13.5. The molecule has 0 bridgehead atoms. The van der Waals surface area contributed by atoms with Crippen LogP contribution in [0, 0.1) is 10.1 Å². The molecule has 130 valence electrons. The van der Waals surface area contributed by atoms with E-state index in [1.807, 2.05) is 6.92 Å². The van der Waals surface area contributed by atoms with E-state index >= 15 is 0 Å². The molecule has 1 rings (SSSR count). The monoisotopic (exact) mass is 336 g/mol. The number of hydrogen-bond acceptors (Lipinski definition) is 5. The maximum absolute atomic E-state index is 11.7. The fourth-order valence-electron chi connectivity index (χ4n) is 1.84. The van der Waals surface area contributed by atoms with E-state index in [2.05, 4.69) is 5.32 Å². The van der Waals surface area contributed by atoms with Crippen molar-refractivity contribution in [3.8, 4) is 5.75 Å². The highest BCUT2D eigenvalue weighted by atomic mass is 16.6. The molecule has 2 N–H and O–H groups in total. The second-order valence-electron chi connectivity index (χ2n) is 4.97. The molecule has 0 aromatic heterocycles. The van der Waals surface area contributed by atoms with E-state index in [9.17, 15) is 19.7 Å². The summed E-state index contributed by atoms with van der Waals surface area (Å²) in [4.78, 5) is 33.1. The fourth-order valence-corrected chi connectivity index (χ4v) is 1.84. The minimum Gasteiger partial charge on any atom is -0.487 e. The smallest absolute Gasteiger partial charge is 0.326 e. The largest absolute Gasteiger partial charge is 0.487 e. The molecule has 1 atom stereocenters. The number of nitro groups is 1. The fraction of sp³-hybridized carbons (Fsp3) is 0.375. The molecule has 0 radical (unpaired) electrons. The molecule has 1 unspecified atom stereocenters. The number of carboxylic acid groups (broad SMARTS) is 1. The van der Waals surface area contributed by atoms with Gasteiger partial charge in [-0.05, 0) is 30.5 Å². The van der Waals surface area contributed by atoms with Gasteiger partial charge in [0.1, 0.15) is 6.04 Å². The normalized spacial score (nSPS) is 11.9. The first-order valence-electron chi connectivity index (χ1n) is 7.51. The number of carbonyl (C=O) groups is 2. The first kappa shape index (κ1) is 19.1. The molecule has 0 saturated heterocycles. The minimum absolute atomic E-state index is 0.167. The molecule has 8 nitrogen and oxygen atoms in total. The summed E-state index contributed by atoms with van der Waals surface area (Å²) in [6, 6.07) is 3.37. The number of ether oxygens (including phenoxy) is 1. The average molecular weight is 336 g/mol. The van der Waals surface area contributed by atoms with Crippen LogP contribution in [0.15, 0.2) is 24.3 Å². The third kappa shape index (κ3) is 5.71. The third-order valence-corrected chi connectivity index (χ3v) is 3.09.